The van der Waals surface area contributed by atoms with Gasteiger partial charge in [0.2, 0.25) is 0 Å². The molecule has 0 aliphatic carbocycles. The number of halogens is 1. The summed E-state index contributed by atoms with van der Waals surface area (Å²) in [6, 6.07) is 25.4. The lowest BCUT2D eigenvalue weighted by Gasteiger charge is -2.05. The van der Waals surface area contributed by atoms with E-state index in [4.69, 9.17) is 10.5 Å². The number of aryl methyl sites for hydroxylation is 1. The number of nitriles is 2. The molecule has 0 atom stereocenters. The Labute approximate surface area is 174 Å². The summed E-state index contributed by atoms with van der Waals surface area (Å²) in [5.41, 5.74) is 2.31. The van der Waals surface area contributed by atoms with Crippen LogP contribution in [0.1, 0.15) is 16.7 Å². The molecule has 0 amide bonds. The highest BCUT2D eigenvalue weighted by Crippen LogP contribution is 2.08. The third kappa shape index (κ3) is 6.78. The van der Waals surface area contributed by atoms with Gasteiger partial charge in [-0.15, -0.1) is 0 Å². The fourth-order valence-corrected chi connectivity index (χ4v) is 5.01. The molecule has 3 aromatic carbocycles. The molecule has 28 heavy (non-hydrogen) atoms. The molecule has 0 fully saturated rings. The standard InChI is InChI=1S/C14H8IN2.C7H8O3S/c16-9-11-3-1-5-13(7-11)15-14-6-2-4-12(8-14)10-17;1-6-2-4-7(5-3-6)11(8,9)10/h1-8H;2-5H,1H3,(H,8,9,10)/q+1;/p-1. The second-order valence-electron chi connectivity index (χ2n) is 5.61. The summed E-state index contributed by atoms with van der Waals surface area (Å²) < 4.78 is 33.6. The lowest BCUT2D eigenvalue weighted by atomic mass is 10.2. The third-order valence-corrected chi connectivity index (χ3v) is 6.87. The fourth-order valence-electron chi connectivity index (χ4n) is 2.06. The Morgan fingerprint density at radius 1 is 0.821 bits per heavy atom. The van der Waals surface area contributed by atoms with Gasteiger partial charge in [-0.05, 0) is 43.3 Å². The van der Waals surface area contributed by atoms with Crippen LogP contribution in [0.2, 0.25) is 0 Å². The first-order valence-electron chi connectivity index (χ1n) is 7.99. The minimum Gasteiger partial charge on any atom is -0.744 e. The molecule has 0 radical (unpaired) electrons. The van der Waals surface area contributed by atoms with Crippen molar-refractivity contribution in [2.24, 2.45) is 0 Å². The molecule has 5 nitrogen and oxygen atoms in total. The fraction of sp³-hybridized carbons (Fsp3) is 0.0476. The first kappa shape index (κ1) is 21.6. The van der Waals surface area contributed by atoms with Crippen molar-refractivity contribution in [3.05, 3.63) is 96.6 Å². The van der Waals surface area contributed by atoms with E-state index in [1.54, 1.807) is 24.3 Å². The first-order valence-corrected chi connectivity index (χ1v) is 11.6. The zero-order valence-corrected chi connectivity index (χ0v) is 17.8. The van der Waals surface area contributed by atoms with Gasteiger partial charge >= 0.3 is 21.2 Å². The van der Waals surface area contributed by atoms with Gasteiger partial charge < -0.3 is 4.55 Å². The second-order valence-corrected chi connectivity index (χ2v) is 10.0. The maximum Gasteiger partial charge on any atom is 0.357 e. The summed E-state index contributed by atoms with van der Waals surface area (Å²) in [5.74, 6) is 0. The Kier molecular flexibility index (Phi) is 7.70. The van der Waals surface area contributed by atoms with E-state index in [9.17, 15) is 13.0 Å². The highest BCUT2D eigenvalue weighted by atomic mass is 127. The Morgan fingerprint density at radius 3 is 1.68 bits per heavy atom. The number of rotatable bonds is 3. The van der Waals surface area contributed by atoms with E-state index < -0.39 is 10.1 Å². The lowest BCUT2D eigenvalue weighted by molar-refractivity contribution is -0.597. The summed E-state index contributed by atoms with van der Waals surface area (Å²) in [7, 11) is -4.27. The number of hydrogen-bond acceptors (Lipinski definition) is 5. The van der Waals surface area contributed by atoms with Crippen molar-refractivity contribution >= 4 is 10.1 Å². The molecule has 0 N–H and O–H groups in total. The van der Waals surface area contributed by atoms with Gasteiger partial charge in [-0.3, -0.25) is 0 Å². The van der Waals surface area contributed by atoms with E-state index in [-0.39, 0.29) is 26.1 Å². The van der Waals surface area contributed by atoms with Crippen molar-refractivity contribution < 1.29 is 34.2 Å². The van der Waals surface area contributed by atoms with Gasteiger partial charge in [-0.1, -0.05) is 29.8 Å². The zero-order chi connectivity index (χ0) is 20.6. The molecule has 0 bridgehead atoms. The average Bonchev–Trinajstić information content (AvgIpc) is 2.68. The molecule has 3 rings (SSSR count). The molecule has 140 valence electrons. The van der Waals surface area contributed by atoms with Crippen molar-refractivity contribution in [2.75, 3.05) is 0 Å². The van der Waals surface area contributed by atoms with Crippen LogP contribution in [0.25, 0.3) is 0 Å². The number of benzene rings is 3. The quantitative estimate of drug-likeness (QED) is 0.383. The van der Waals surface area contributed by atoms with Crippen molar-refractivity contribution in [2.45, 2.75) is 11.8 Å². The van der Waals surface area contributed by atoms with E-state index >= 15 is 0 Å². The van der Waals surface area contributed by atoms with Crippen molar-refractivity contribution in [3.8, 4) is 12.1 Å². The SMILES string of the molecule is Cc1ccc(S(=O)(=O)[O-])cc1.N#Cc1cccc([I+]c2cccc(C#N)c2)c1. The van der Waals surface area contributed by atoms with Crippen molar-refractivity contribution in [1.29, 1.82) is 10.5 Å². The summed E-state index contributed by atoms with van der Waals surface area (Å²) in [6.07, 6.45) is 0. The molecular formula is C21H15IN2O3S. The summed E-state index contributed by atoms with van der Waals surface area (Å²) in [6.45, 7) is 1.82. The lowest BCUT2D eigenvalue weighted by Crippen LogP contribution is -3.61. The maximum atomic E-state index is 10.4. The highest BCUT2D eigenvalue weighted by molar-refractivity contribution is 7.85. The number of nitrogens with zero attached hydrogens (tertiary/aromatic N) is 2. The zero-order valence-electron chi connectivity index (χ0n) is 14.8. The Hall–Kier alpha value is -2.72. The molecule has 0 aliphatic rings. The van der Waals surface area contributed by atoms with Crippen LogP contribution in [0.5, 0.6) is 0 Å². The van der Waals surface area contributed by atoms with Gasteiger partial charge in [-0.2, -0.15) is 10.5 Å². The molecule has 0 saturated carbocycles. The Morgan fingerprint density at radius 2 is 1.29 bits per heavy atom. The van der Waals surface area contributed by atoms with Gasteiger partial charge in [0.1, 0.15) is 10.1 Å². The van der Waals surface area contributed by atoms with E-state index in [1.807, 2.05) is 43.3 Å². The highest BCUT2D eigenvalue weighted by Gasteiger charge is 2.16. The van der Waals surface area contributed by atoms with Crippen LogP contribution in [0.15, 0.2) is 77.7 Å². The second kappa shape index (κ2) is 10.00. The van der Waals surface area contributed by atoms with Crippen molar-refractivity contribution in [3.63, 3.8) is 0 Å². The minimum absolute atomic E-state index is 0.178. The summed E-state index contributed by atoms with van der Waals surface area (Å²) >= 11 is -0.319. The molecule has 0 saturated heterocycles. The smallest absolute Gasteiger partial charge is 0.357 e. The molecular weight excluding hydrogens is 487 g/mol. The summed E-state index contributed by atoms with van der Waals surface area (Å²) in [5, 5.41) is 17.7. The number of hydrogen-bond donors (Lipinski definition) is 0. The van der Waals surface area contributed by atoms with Crippen LogP contribution >= 0.6 is 0 Å². The van der Waals surface area contributed by atoms with E-state index in [0.29, 0.717) is 11.1 Å². The monoisotopic (exact) mass is 502 g/mol. The Bertz CT molecular complexity index is 1090. The van der Waals surface area contributed by atoms with Gasteiger partial charge in [-0.25, -0.2) is 8.42 Å². The van der Waals surface area contributed by atoms with E-state index in [2.05, 4.69) is 12.1 Å². The van der Waals surface area contributed by atoms with Crippen LogP contribution in [-0.4, -0.2) is 13.0 Å². The van der Waals surface area contributed by atoms with Gasteiger partial charge in [0.05, 0.1) is 28.2 Å². The molecule has 0 unspecified atom stereocenters. The van der Waals surface area contributed by atoms with Crippen LogP contribution < -0.4 is 21.2 Å². The molecule has 0 aromatic heterocycles. The van der Waals surface area contributed by atoms with E-state index in [0.717, 1.165) is 5.56 Å². The molecule has 0 spiro atoms. The van der Waals surface area contributed by atoms with Crippen LogP contribution in [0, 0.1) is 36.7 Å². The minimum atomic E-state index is -4.27. The third-order valence-electron chi connectivity index (χ3n) is 3.44. The average molecular weight is 502 g/mol. The predicted molar refractivity (Wildman–Crippen MR) is 98.9 cm³/mol. The molecule has 0 aliphatic heterocycles. The van der Waals surface area contributed by atoms with Crippen LogP contribution in [-0.2, 0) is 10.1 Å². The molecule has 0 heterocycles. The van der Waals surface area contributed by atoms with Crippen molar-refractivity contribution in [1.82, 2.24) is 0 Å². The van der Waals surface area contributed by atoms with Gasteiger partial charge in [0.25, 0.3) is 0 Å². The normalized spacial score (nSPS) is 10.1. The first-order chi connectivity index (χ1) is 13.3. The molecule has 7 heteroatoms. The van der Waals surface area contributed by atoms with Crippen LogP contribution in [0.4, 0.5) is 0 Å². The van der Waals surface area contributed by atoms with Crippen LogP contribution in [0.3, 0.4) is 0 Å². The maximum absolute atomic E-state index is 10.4. The van der Waals surface area contributed by atoms with E-state index in [1.165, 1.54) is 19.3 Å². The Balaban J connectivity index is 0.000000221. The largest absolute Gasteiger partial charge is 0.744 e. The predicted octanol–water partition coefficient (Wildman–Crippen LogP) is 0.457. The molecule has 3 aromatic rings. The summed E-state index contributed by atoms with van der Waals surface area (Å²) in [4.78, 5) is -0.178. The van der Waals surface area contributed by atoms with Gasteiger partial charge in [0, 0.05) is 12.1 Å². The van der Waals surface area contributed by atoms with Gasteiger partial charge in [0.15, 0.2) is 7.14 Å². The topological polar surface area (TPSA) is 105 Å².